The van der Waals surface area contributed by atoms with Crippen LogP contribution >= 0.6 is 0 Å². The van der Waals surface area contributed by atoms with Gasteiger partial charge in [0.1, 0.15) is 11.6 Å². The molecule has 0 fully saturated rings. The first kappa shape index (κ1) is 17.7. The van der Waals surface area contributed by atoms with Gasteiger partial charge in [0.15, 0.2) is 6.61 Å². The number of halogens is 1. The van der Waals surface area contributed by atoms with Gasteiger partial charge in [-0.2, -0.15) is 0 Å². The molecule has 0 aromatic heterocycles. The van der Waals surface area contributed by atoms with Gasteiger partial charge >= 0.3 is 5.97 Å². The molecule has 24 heavy (non-hydrogen) atoms. The highest BCUT2D eigenvalue weighted by Gasteiger charge is 2.16. The molecule has 0 aliphatic carbocycles. The molecule has 0 atom stereocenters. The van der Waals surface area contributed by atoms with Crippen LogP contribution in [-0.2, 0) is 14.8 Å². The van der Waals surface area contributed by atoms with E-state index in [-0.39, 0.29) is 16.3 Å². The summed E-state index contributed by atoms with van der Waals surface area (Å²) >= 11 is 0. The topological polar surface area (TPSA) is 92.7 Å². The molecule has 128 valence electrons. The largest absolute Gasteiger partial charge is 0.482 e. The SMILES string of the molecule is Cc1ccc(NS(=O)(=O)c2ccc(OCC(=O)O)c(C)c2)cc1F. The lowest BCUT2D eigenvalue weighted by molar-refractivity contribution is -0.139. The fraction of sp³-hybridized carbons (Fsp3) is 0.188. The third-order valence-corrected chi connectivity index (χ3v) is 4.61. The van der Waals surface area contributed by atoms with Gasteiger partial charge in [-0.05, 0) is 55.3 Å². The van der Waals surface area contributed by atoms with Gasteiger partial charge in [-0.25, -0.2) is 17.6 Å². The average Bonchev–Trinajstić information content (AvgIpc) is 2.49. The van der Waals surface area contributed by atoms with Crippen LogP contribution in [0.15, 0.2) is 41.3 Å². The minimum atomic E-state index is -3.90. The van der Waals surface area contributed by atoms with Gasteiger partial charge in [-0.1, -0.05) is 6.07 Å². The van der Waals surface area contributed by atoms with Crippen molar-refractivity contribution in [2.24, 2.45) is 0 Å². The lowest BCUT2D eigenvalue weighted by atomic mass is 10.2. The minimum absolute atomic E-state index is 0.0383. The second-order valence-electron chi connectivity index (χ2n) is 5.18. The third kappa shape index (κ3) is 4.23. The molecule has 0 radical (unpaired) electrons. The summed E-state index contributed by atoms with van der Waals surface area (Å²) in [7, 11) is -3.90. The summed E-state index contributed by atoms with van der Waals surface area (Å²) in [6.07, 6.45) is 0. The Hall–Kier alpha value is -2.61. The Morgan fingerprint density at radius 1 is 1.17 bits per heavy atom. The van der Waals surface area contributed by atoms with Crippen LogP contribution in [0.5, 0.6) is 5.75 Å². The molecule has 8 heteroatoms. The van der Waals surface area contributed by atoms with Crippen molar-refractivity contribution >= 4 is 21.7 Å². The first-order valence-electron chi connectivity index (χ1n) is 6.93. The van der Waals surface area contributed by atoms with Gasteiger partial charge in [0, 0.05) is 0 Å². The van der Waals surface area contributed by atoms with Crippen molar-refractivity contribution in [3.63, 3.8) is 0 Å². The number of benzene rings is 2. The molecule has 0 aliphatic heterocycles. The predicted molar refractivity (Wildman–Crippen MR) is 86.3 cm³/mol. The molecule has 0 spiro atoms. The highest BCUT2D eigenvalue weighted by Crippen LogP contribution is 2.24. The van der Waals surface area contributed by atoms with Crippen LogP contribution in [-0.4, -0.2) is 26.1 Å². The molecule has 0 bridgehead atoms. The van der Waals surface area contributed by atoms with Gasteiger partial charge in [0.2, 0.25) is 0 Å². The van der Waals surface area contributed by atoms with E-state index < -0.39 is 28.4 Å². The average molecular weight is 353 g/mol. The maximum absolute atomic E-state index is 13.5. The summed E-state index contributed by atoms with van der Waals surface area (Å²) in [6, 6.07) is 8.06. The van der Waals surface area contributed by atoms with E-state index >= 15 is 0 Å². The molecular formula is C16H16FNO5S. The van der Waals surface area contributed by atoms with Gasteiger partial charge in [0.25, 0.3) is 10.0 Å². The van der Waals surface area contributed by atoms with Gasteiger partial charge in [-0.15, -0.1) is 0 Å². The highest BCUT2D eigenvalue weighted by atomic mass is 32.2. The molecular weight excluding hydrogens is 337 g/mol. The summed E-state index contributed by atoms with van der Waals surface area (Å²) in [5.41, 5.74) is 0.991. The Balaban J connectivity index is 2.24. The van der Waals surface area contributed by atoms with Crippen molar-refractivity contribution in [2.75, 3.05) is 11.3 Å². The van der Waals surface area contributed by atoms with E-state index in [1.165, 1.54) is 30.3 Å². The highest BCUT2D eigenvalue weighted by molar-refractivity contribution is 7.92. The Bertz CT molecular complexity index is 880. The van der Waals surface area contributed by atoms with Crippen molar-refractivity contribution in [2.45, 2.75) is 18.7 Å². The first-order valence-corrected chi connectivity index (χ1v) is 8.41. The van der Waals surface area contributed by atoms with Gasteiger partial charge < -0.3 is 9.84 Å². The standard InChI is InChI=1S/C16H16FNO5S/c1-10-3-4-12(8-14(10)17)18-24(21,22)13-5-6-15(11(2)7-13)23-9-16(19)20/h3-8,18H,9H2,1-2H3,(H,19,20). The normalized spacial score (nSPS) is 11.1. The molecule has 0 aliphatic rings. The van der Waals surface area contributed by atoms with Gasteiger partial charge in [0.05, 0.1) is 10.6 Å². The lowest BCUT2D eigenvalue weighted by Crippen LogP contribution is -2.14. The summed E-state index contributed by atoms with van der Waals surface area (Å²) in [4.78, 5) is 10.5. The number of aryl methyl sites for hydroxylation is 2. The Kier molecular flexibility index (Phi) is 5.08. The number of aliphatic carboxylic acids is 1. The molecule has 2 N–H and O–H groups in total. The fourth-order valence-electron chi connectivity index (χ4n) is 1.96. The van der Waals surface area contributed by atoms with E-state index in [0.29, 0.717) is 11.1 Å². The molecule has 0 saturated carbocycles. The van der Waals surface area contributed by atoms with Crippen molar-refractivity contribution in [1.29, 1.82) is 0 Å². The quantitative estimate of drug-likeness (QED) is 0.833. The van der Waals surface area contributed by atoms with Crippen molar-refractivity contribution in [1.82, 2.24) is 0 Å². The summed E-state index contributed by atoms with van der Waals surface area (Å²) in [5, 5.41) is 8.59. The summed E-state index contributed by atoms with van der Waals surface area (Å²) in [6.45, 7) is 2.66. The van der Waals surface area contributed by atoms with Crippen LogP contribution in [0, 0.1) is 19.7 Å². The fourth-order valence-corrected chi connectivity index (χ4v) is 3.10. The smallest absolute Gasteiger partial charge is 0.341 e. The molecule has 0 unspecified atom stereocenters. The first-order chi connectivity index (χ1) is 11.2. The summed E-state index contributed by atoms with van der Waals surface area (Å²) < 4.78 is 45.6. The number of rotatable bonds is 6. The lowest BCUT2D eigenvalue weighted by Gasteiger charge is -2.12. The maximum Gasteiger partial charge on any atom is 0.341 e. The van der Waals surface area contributed by atoms with Crippen LogP contribution in [0.1, 0.15) is 11.1 Å². The van der Waals surface area contributed by atoms with E-state index in [1.54, 1.807) is 13.8 Å². The Morgan fingerprint density at radius 2 is 1.88 bits per heavy atom. The molecule has 0 amide bonds. The van der Waals surface area contributed by atoms with Crippen molar-refractivity contribution < 1.29 is 27.4 Å². The van der Waals surface area contributed by atoms with E-state index in [4.69, 9.17) is 9.84 Å². The van der Waals surface area contributed by atoms with Crippen LogP contribution < -0.4 is 9.46 Å². The number of carboxylic acids is 1. The third-order valence-electron chi connectivity index (χ3n) is 3.23. The number of anilines is 1. The zero-order chi connectivity index (χ0) is 17.9. The Labute approximate surface area is 138 Å². The molecule has 2 rings (SSSR count). The van der Waals surface area contributed by atoms with Crippen molar-refractivity contribution in [3.05, 3.63) is 53.3 Å². The molecule has 2 aromatic carbocycles. The number of sulfonamides is 1. The van der Waals surface area contributed by atoms with E-state index in [9.17, 15) is 17.6 Å². The maximum atomic E-state index is 13.5. The summed E-state index contributed by atoms with van der Waals surface area (Å²) in [5.74, 6) is -1.37. The molecule has 0 saturated heterocycles. The van der Waals surface area contributed by atoms with E-state index in [2.05, 4.69) is 4.72 Å². The molecule has 6 nitrogen and oxygen atoms in total. The number of hydrogen-bond donors (Lipinski definition) is 2. The number of ether oxygens (including phenoxy) is 1. The van der Waals surface area contributed by atoms with E-state index in [0.717, 1.165) is 6.07 Å². The van der Waals surface area contributed by atoms with Crippen LogP contribution in [0.2, 0.25) is 0 Å². The Morgan fingerprint density at radius 3 is 2.46 bits per heavy atom. The monoisotopic (exact) mass is 353 g/mol. The molecule has 0 heterocycles. The number of carboxylic acid groups (broad SMARTS) is 1. The van der Waals surface area contributed by atoms with Crippen LogP contribution in [0.3, 0.4) is 0 Å². The minimum Gasteiger partial charge on any atom is -0.482 e. The molecule has 2 aromatic rings. The van der Waals surface area contributed by atoms with Crippen molar-refractivity contribution in [3.8, 4) is 5.75 Å². The van der Waals surface area contributed by atoms with Gasteiger partial charge in [-0.3, -0.25) is 4.72 Å². The second-order valence-corrected chi connectivity index (χ2v) is 6.86. The number of carbonyl (C=O) groups is 1. The zero-order valence-corrected chi connectivity index (χ0v) is 13.9. The number of hydrogen-bond acceptors (Lipinski definition) is 4. The van der Waals surface area contributed by atoms with E-state index in [1.807, 2.05) is 0 Å². The zero-order valence-electron chi connectivity index (χ0n) is 13.0. The second kappa shape index (κ2) is 6.88. The van der Waals surface area contributed by atoms with Crippen LogP contribution in [0.4, 0.5) is 10.1 Å². The predicted octanol–water partition coefficient (Wildman–Crippen LogP) is 2.71. The number of nitrogens with one attached hydrogen (secondary N) is 1. The van der Waals surface area contributed by atoms with Crippen LogP contribution in [0.25, 0.3) is 0 Å².